The average molecular weight is 305 g/mol. The van der Waals surface area contributed by atoms with Gasteiger partial charge in [-0.2, -0.15) is 13.2 Å². The van der Waals surface area contributed by atoms with E-state index in [-0.39, 0.29) is 29.4 Å². The largest absolute Gasteiger partial charge is 0.405 e. The van der Waals surface area contributed by atoms with Gasteiger partial charge in [0, 0.05) is 26.2 Å². The highest BCUT2D eigenvalue weighted by Crippen LogP contribution is 2.28. The van der Waals surface area contributed by atoms with E-state index in [0.29, 0.717) is 0 Å². The first-order valence-electron chi connectivity index (χ1n) is 6.19. The third-order valence-corrected chi connectivity index (χ3v) is 2.76. The van der Waals surface area contributed by atoms with Crippen molar-refractivity contribution in [1.29, 1.82) is 0 Å². The first-order chi connectivity index (χ1) is 9.65. The zero-order chi connectivity index (χ0) is 16.2. The van der Waals surface area contributed by atoms with Gasteiger partial charge in [-0.25, -0.2) is 0 Å². The molecule has 0 aliphatic heterocycles. The predicted octanol–water partition coefficient (Wildman–Crippen LogP) is 1.33. The molecule has 0 spiro atoms. The number of rotatable bonds is 5. The number of aliphatic hydroxyl groups excluding tert-OH is 1. The number of alkyl halides is 3. The van der Waals surface area contributed by atoms with Gasteiger partial charge in [0.15, 0.2) is 0 Å². The molecule has 0 aliphatic carbocycles. The number of hydrogen-bond donors (Lipinski definition) is 2. The minimum atomic E-state index is -4.44. The summed E-state index contributed by atoms with van der Waals surface area (Å²) in [5, 5.41) is 8.93. The molecule has 0 heterocycles. The molecule has 0 saturated carbocycles. The Labute approximate surface area is 120 Å². The molecule has 0 radical (unpaired) electrons. The third-order valence-electron chi connectivity index (χ3n) is 2.76. The summed E-state index contributed by atoms with van der Waals surface area (Å²) in [5.74, 6) is -0.341. The molecule has 21 heavy (non-hydrogen) atoms. The van der Waals surface area contributed by atoms with E-state index in [0.717, 1.165) is 4.90 Å². The molecule has 0 aliphatic rings. The van der Waals surface area contributed by atoms with E-state index in [4.69, 9.17) is 10.8 Å². The number of carbonyl (C=O) groups is 1. The maximum atomic E-state index is 12.6. The summed E-state index contributed by atoms with van der Waals surface area (Å²) in [6.45, 7) is -1.94. The molecule has 0 saturated heterocycles. The lowest BCUT2D eigenvalue weighted by Gasteiger charge is -2.27. The quantitative estimate of drug-likeness (QED) is 0.805. The fourth-order valence-electron chi connectivity index (χ4n) is 1.83. The number of carbonyl (C=O) groups excluding carboxylic acids is 1. The van der Waals surface area contributed by atoms with Gasteiger partial charge in [0.1, 0.15) is 6.54 Å². The van der Waals surface area contributed by atoms with Crippen LogP contribution < -0.4 is 10.6 Å². The number of nitrogens with two attached hydrogens (primary N) is 1. The van der Waals surface area contributed by atoms with E-state index in [1.54, 1.807) is 14.1 Å². The van der Waals surface area contributed by atoms with Crippen LogP contribution in [0.2, 0.25) is 0 Å². The summed E-state index contributed by atoms with van der Waals surface area (Å²) in [6, 6.07) is 4.14. The van der Waals surface area contributed by atoms with Crippen molar-refractivity contribution in [3.05, 3.63) is 23.8 Å². The number of anilines is 2. The van der Waals surface area contributed by atoms with Gasteiger partial charge < -0.3 is 20.6 Å². The van der Waals surface area contributed by atoms with Crippen LogP contribution in [-0.4, -0.2) is 55.9 Å². The molecule has 0 unspecified atom stereocenters. The molecule has 8 heteroatoms. The molecular formula is C13H18F3N3O2. The first kappa shape index (κ1) is 17.1. The lowest BCUT2D eigenvalue weighted by molar-refractivity contribution is -0.119. The van der Waals surface area contributed by atoms with Gasteiger partial charge in [0.2, 0.25) is 0 Å². The first-order valence-corrected chi connectivity index (χ1v) is 6.19. The van der Waals surface area contributed by atoms with E-state index in [9.17, 15) is 18.0 Å². The summed E-state index contributed by atoms with van der Waals surface area (Å²) in [7, 11) is 3.08. The predicted molar refractivity (Wildman–Crippen MR) is 74.2 cm³/mol. The average Bonchev–Trinajstić information content (AvgIpc) is 2.36. The number of hydrogen-bond acceptors (Lipinski definition) is 4. The van der Waals surface area contributed by atoms with Crippen LogP contribution in [0.5, 0.6) is 0 Å². The monoisotopic (exact) mass is 305 g/mol. The summed E-state index contributed by atoms with van der Waals surface area (Å²) in [4.78, 5) is 14.1. The van der Waals surface area contributed by atoms with Crippen molar-refractivity contribution in [3.8, 4) is 0 Å². The number of nitrogens with zero attached hydrogens (tertiary/aromatic N) is 2. The molecule has 0 aromatic heterocycles. The fourth-order valence-corrected chi connectivity index (χ4v) is 1.83. The molecule has 0 atom stereocenters. The number of benzene rings is 1. The number of nitrogen functional groups attached to an aromatic ring is 1. The smallest absolute Gasteiger partial charge is 0.397 e. The van der Waals surface area contributed by atoms with E-state index in [1.165, 1.54) is 23.1 Å². The van der Waals surface area contributed by atoms with Gasteiger partial charge in [-0.05, 0) is 18.2 Å². The number of halogens is 3. The zero-order valence-corrected chi connectivity index (χ0v) is 11.8. The Kier molecular flexibility index (Phi) is 5.42. The van der Waals surface area contributed by atoms with Crippen LogP contribution in [0.4, 0.5) is 24.5 Å². The Morgan fingerprint density at radius 3 is 2.43 bits per heavy atom. The van der Waals surface area contributed by atoms with Crippen molar-refractivity contribution < 1.29 is 23.1 Å². The van der Waals surface area contributed by atoms with Crippen LogP contribution in [0.3, 0.4) is 0 Å². The Hall–Kier alpha value is -1.96. The molecular weight excluding hydrogens is 287 g/mol. The van der Waals surface area contributed by atoms with Crippen LogP contribution in [0.1, 0.15) is 10.4 Å². The van der Waals surface area contributed by atoms with Gasteiger partial charge in [0.05, 0.1) is 18.0 Å². The van der Waals surface area contributed by atoms with Gasteiger partial charge in [0.25, 0.3) is 5.91 Å². The zero-order valence-electron chi connectivity index (χ0n) is 11.8. The second kappa shape index (κ2) is 6.66. The number of aliphatic hydroxyl groups is 1. The number of amides is 1. The van der Waals surface area contributed by atoms with E-state index in [1.807, 2.05) is 0 Å². The SMILES string of the molecule is CN(C)C(=O)c1ccc(N)c(N(CCO)CC(F)(F)F)c1. The molecule has 0 fully saturated rings. The Bertz CT molecular complexity index is 504. The molecule has 0 bridgehead atoms. The van der Waals surface area contributed by atoms with Crippen molar-refractivity contribution in [2.45, 2.75) is 6.18 Å². The highest BCUT2D eigenvalue weighted by molar-refractivity contribution is 5.96. The van der Waals surface area contributed by atoms with Gasteiger partial charge in [-0.1, -0.05) is 0 Å². The van der Waals surface area contributed by atoms with E-state index >= 15 is 0 Å². The minimum absolute atomic E-state index is 0.0778. The Morgan fingerprint density at radius 1 is 1.33 bits per heavy atom. The standard InChI is InChI=1S/C13H18F3N3O2/c1-18(2)12(21)9-3-4-10(17)11(7-9)19(5-6-20)8-13(14,15)16/h3-4,7,20H,5-6,8,17H2,1-2H3. The van der Waals surface area contributed by atoms with Gasteiger partial charge >= 0.3 is 6.18 Å². The van der Waals surface area contributed by atoms with Crippen molar-refractivity contribution >= 4 is 17.3 Å². The summed E-state index contributed by atoms with van der Waals surface area (Å²) in [6.07, 6.45) is -4.44. The highest BCUT2D eigenvalue weighted by atomic mass is 19.4. The molecule has 5 nitrogen and oxygen atoms in total. The van der Waals surface area contributed by atoms with Crippen molar-refractivity contribution in [3.63, 3.8) is 0 Å². The lowest BCUT2D eigenvalue weighted by atomic mass is 10.1. The highest BCUT2D eigenvalue weighted by Gasteiger charge is 2.31. The minimum Gasteiger partial charge on any atom is -0.397 e. The molecule has 1 rings (SSSR count). The second-order valence-corrected chi connectivity index (χ2v) is 4.73. The second-order valence-electron chi connectivity index (χ2n) is 4.73. The Morgan fingerprint density at radius 2 is 1.95 bits per heavy atom. The summed E-state index contributed by atoms with van der Waals surface area (Å²) in [5.41, 5.74) is 6.12. The van der Waals surface area contributed by atoms with Gasteiger partial charge in [-0.3, -0.25) is 4.79 Å². The fraction of sp³-hybridized carbons (Fsp3) is 0.462. The maximum absolute atomic E-state index is 12.6. The van der Waals surface area contributed by atoms with Crippen molar-refractivity contribution in [2.24, 2.45) is 0 Å². The van der Waals surface area contributed by atoms with Crippen LogP contribution >= 0.6 is 0 Å². The molecule has 1 aromatic rings. The lowest BCUT2D eigenvalue weighted by Crippen LogP contribution is -2.37. The molecule has 118 valence electrons. The van der Waals surface area contributed by atoms with Crippen molar-refractivity contribution in [1.82, 2.24) is 4.90 Å². The van der Waals surface area contributed by atoms with E-state index < -0.39 is 19.3 Å². The van der Waals surface area contributed by atoms with Crippen LogP contribution in [0.25, 0.3) is 0 Å². The maximum Gasteiger partial charge on any atom is 0.405 e. The van der Waals surface area contributed by atoms with E-state index in [2.05, 4.69) is 0 Å². The van der Waals surface area contributed by atoms with Crippen LogP contribution in [0.15, 0.2) is 18.2 Å². The normalized spacial score (nSPS) is 11.3. The third kappa shape index (κ3) is 4.82. The molecule has 3 N–H and O–H groups in total. The summed E-state index contributed by atoms with van der Waals surface area (Å²) < 4.78 is 37.8. The van der Waals surface area contributed by atoms with Gasteiger partial charge in [-0.15, -0.1) is 0 Å². The summed E-state index contributed by atoms with van der Waals surface area (Å²) >= 11 is 0. The Balaban J connectivity index is 3.18. The molecule has 1 amide bonds. The molecule has 1 aromatic carbocycles. The van der Waals surface area contributed by atoms with Crippen molar-refractivity contribution in [2.75, 3.05) is 44.4 Å². The van der Waals surface area contributed by atoms with Crippen LogP contribution in [0, 0.1) is 0 Å². The topological polar surface area (TPSA) is 69.8 Å². The van der Waals surface area contributed by atoms with Crippen LogP contribution in [-0.2, 0) is 0 Å².